The van der Waals surface area contributed by atoms with Gasteiger partial charge in [0.15, 0.2) is 16.7 Å². The van der Waals surface area contributed by atoms with Gasteiger partial charge in [-0.25, -0.2) is 9.97 Å². The Kier molecular flexibility index (Phi) is 8.78. The first-order valence-electron chi connectivity index (χ1n) is 11.9. The zero-order valence-electron chi connectivity index (χ0n) is 20.8. The van der Waals surface area contributed by atoms with Gasteiger partial charge in [-0.15, -0.1) is 0 Å². The van der Waals surface area contributed by atoms with Gasteiger partial charge in [-0.05, 0) is 49.3 Å². The number of ether oxygens (including phenoxy) is 2. The largest absolute Gasteiger partial charge is 0.497 e. The number of carbonyl (C=O) groups is 3. The molecule has 0 saturated heterocycles. The lowest BCUT2D eigenvalue weighted by Gasteiger charge is -2.13. The van der Waals surface area contributed by atoms with Crippen molar-refractivity contribution in [2.75, 3.05) is 30.6 Å². The topological polar surface area (TPSA) is 120 Å². The second kappa shape index (κ2) is 12.2. The maximum absolute atomic E-state index is 13.3. The van der Waals surface area contributed by atoms with E-state index in [4.69, 9.17) is 9.47 Å². The number of nitrogens with one attached hydrogen (secondary N) is 2. The number of benzene rings is 1. The van der Waals surface area contributed by atoms with Crippen LogP contribution in [0.2, 0.25) is 0 Å². The number of nitrogens with zero attached hydrogens (tertiary/aromatic N) is 2. The zero-order chi connectivity index (χ0) is 26.4. The van der Waals surface area contributed by atoms with E-state index in [1.165, 1.54) is 6.20 Å². The van der Waals surface area contributed by atoms with E-state index in [0.29, 0.717) is 70.1 Å². The highest BCUT2D eigenvalue weighted by Crippen LogP contribution is 2.33. The predicted molar refractivity (Wildman–Crippen MR) is 145 cm³/mol. The average molecular weight is 541 g/mol. The van der Waals surface area contributed by atoms with E-state index < -0.39 is 5.92 Å². The van der Waals surface area contributed by atoms with Gasteiger partial charge in [0.25, 0.3) is 5.24 Å². The molecule has 1 aliphatic carbocycles. The SMILES string of the molecule is CCSC(=O)Nc1nc2c(s1)C(=O)C(C(=O)c1ccc(NCc3ccc(OC)cc3OC)nc1)CCC2. The second-order valence-corrected chi connectivity index (χ2v) is 10.5. The molecule has 2 aromatic heterocycles. The molecule has 1 aliphatic rings. The average Bonchev–Trinajstić information content (AvgIpc) is 3.24. The van der Waals surface area contributed by atoms with Gasteiger partial charge in [0.05, 0.1) is 30.7 Å². The van der Waals surface area contributed by atoms with Crippen molar-refractivity contribution >= 4 is 50.9 Å². The highest BCUT2D eigenvalue weighted by atomic mass is 32.2. The molecule has 1 atom stereocenters. The first-order valence-corrected chi connectivity index (χ1v) is 13.7. The van der Waals surface area contributed by atoms with Crippen LogP contribution in [0.4, 0.5) is 15.7 Å². The molecule has 9 nitrogen and oxygen atoms in total. The van der Waals surface area contributed by atoms with E-state index in [-0.39, 0.29) is 16.8 Å². The quantitative estimate of drug-likeness (QED) is 0.207. The van der Waals surface area contributed by atoms with Gasteiger partial charge in [-0.1, -0.05) is 30.0 Å². The van der Waals surface area contributed by atoms with Crippen LogP contribution in [0.15, 0.2) is 36.5 Å². The maximum atomic E-state index is 13.3. The van der Waals surface area contributed by atoms with Crippen LogP contribution in [0.1, 0.15) is 51.1 Å². The predicted octanol–water partition coefficient (Wildman–Crippen LogP) is 5.47. The molecule has 0 radical (unpaired) electrons. The molecular formula is C26H28N4O5S2. The van der Waals surface area contributed by atoms with Crippen molar-refractivity contribution in [3.05, 3.63) is 58.2 Å². The Bertz CT molecular complexity index is 1290. The number of ketones is 2. The summed E-state index contributed by atoms with van der Waals surface area (Å²) >= 11 is 2.28. The fraction of sp³-hybridized carbons (Fsp3) is 0.346. The van der Waals surface area contributed by atoms with Crippen LogP contribution >= 0.6 is 23.1 Å². The van der Waals surface area contributed by atoms with Crippen molar-refractivity contribution in [1.29, 1.82) is 0 Å². The summed E-state index contributed by atoms with van der Waals surface area (Å²) in [6.45, 7) is 2.36. The lowest BCUT2D eigenvalue weighted by molar-refractivity contribution is 0.0803. The van der Waals surface area contributed by atoms with Crippen LogP contribution in [0, 0.1) is 5.92 Å². The van der Waals surface area contributed by atoms with E-state index in [9.17, 15) is 14.4 Å². The van der Waals surface area contributed by atoms with Crippen molar-refractivity contribution in [3.63, 3.8) is 0 Å². The monoisotopic (exact) mass is 540 g/mol. The van der Waals surface area contributed by atoms with Crippen LogP contribution in [0.3, 0.4) is 0 Å². The van der Waals surface area contributed by atoms with Crippen LogP contribution in [0.25, 0.3) is 0 Å². The van der Waals surface area contributed by atoms with Gasteiger partial charge in [0.1, 0.15) is 17.3 Å². The second-order valence-electron chi connectivity index (χ2n) is 8.28. The third-order valence-corrected chi connectivity index (χ3v) is 7.63. The number of carbonyl (C=O) groups excluding carboxylic acids is 3. The standard InChI is InChI=1S/C26H28N4O5S2/c1-4-36-26(33)30-25-29-19-7-5-6-18(23(32)24(19)37-25)22(31)16-9-11-21(28-14-16)27-13-15-8-10-17(34-2)12-20(15)35-3/h8-12,14,18H,4-7,13H2,1-3H3,(H,27,28)(H,29,30,33). The highest BCUT2D eigenvalue weighted by molar-refractivity contribution is 8.13. The number of anilines is 2. The molecule has 1 aromatic carbocycles. The van der Waals surface area contributed by atoms with E-state index in [1.807, 2.05) is 25.1 Å². The van der Waals surface area contributed by atoms with Gasteiger partial charge < -0.3 is 14.8 Å². The van der Waals surface area contributed by atoms with Crippen LogP contribution < -0.4 is 20.1 Å². The zero-order valence-corrected chi connectivity index (χ0v) is 22.5. The minimum absolute atomic E-state index is 0.211. The number of pyridine rings is 1. The van der Waals surface area contributed by atoms with Gasteiger partial charge in [0.2, 0.25) is 0 Å². The van der Waals surface area contributed by atoms with E-state index in [0.717, 1.165) is 28.7 Å². The number of aryl methyl sites for hydroxylation is 1. The van der Waals surface area contributed by atoms with Crippen molar-refractivity contribution < 1.29 is 23.9 Å². The molecule has 0 bridgehead atoms. The maximum Gasteiger partial charge on any atom is 0.285 e. The Balaban J connectivity index is 1.43. The Morgan fingerprint density at radius 1 is 1.19 bits per heavy atom. The number of hydrogen-bond acceptors (Lipinski definition) is 10. The molecule has 1 unspecified atom stereocenters. The molecule has 0 aliphatic heterocycles. The third-order valence-electron chi connectivity index (χ3n) is 5.95. The highest BCUT2D eigenvalue weighted by Gasteiger charge is 2.34. The van der Waals surface area contributed by atoms with Gasteiger partial charge in [0, 0.05) is 29.9 Å². The molecule has 3 aromatic rings. The molecule has 11 heteroatoms. The Hall–Kier alpha value is -3.44. The number of thiazole rings is 1. The molecule has 194 valence electrons. The number of rotatable bonds is 9. The lowest BCUT2D eigenvalue weighted by atomic mass is 9.91. The molecular weight excluding hydrogens is 512 g/mol. The minimum Gasteiger partial charge on any atom is -0.497 e. The lowest BCUT2D eigenvalue weighted by Crippen LogP contribution is -2.23. The normalized spacial score (nSPS) is 14.9. The fourth-order valence-electron chi connectivity index (χ4n) is 4.06. The van der Waals surface area contributed by atoms with E-state index in [2.05, 4.69) is 20.6 Å². The summed E-state index contributed by atoms with van der Waals surface area (Å²) in [5.74, 6) is 1.35. The van der Waals surface area contributed by atoms with Gasteiger partial charge in [-0.3, -0.25) is 19.7 Å². The molecule has 1 amide bonds. The molecule has 37 heavy (non-hydrogen) atoms. The summed E-state index contributed by atoms with van der Waals surface area (Å²) in [5, 5.41) is 6.13. The number of amides is 1. The van der Waals surface area contributed by atoms with Crippen molar-refractivity contribution in [2.24, 2.45) is 5.92 Å². The molecule has 0 spiro atoms. The molecule has 2 heterocycles. The summed E-state index contributed by atoms with van der Waals surface area (Å²) in [6, 6.07) is 8.98. The van der Waals surface area contributed by atoms with Crippen LogP contribution in [0.5, 0.6) is 11.5 Å². The number of aromatic nitrogens is 2. The number of hydrogen-bond donors (Lipinski definition) is 2. The van der Waals surface area contributed by atoms with Gasteiger partial charge in [-0.2, -0.15) is 0 Å². The Morgan fingerprint density at radius 2 is 2.03 bits per heavy atom. The molecule has 0 saturated carbocycles. The number of fused-ring (bicyclic) bond motifs is 1. The number of thioether (sulfide) groups is 1. The van der Waals surface area contributed by atoms with Crippen molar-refractivity contribution in [2.45, 2.75) is 32.7 Å². The smallest absolute Gasteiger partial charge is 0.285 e. The van der Waals surface area contributed by atoms with Gasteiger partial charge >= 0.3 is 0 Å². The van der Waals surface area contributed by atoms with E-state index >= 15 is 0 Å². The summed E-state index contributed by atoms with van der Waals surface area (Å²) in [6.07, 6.45) is 3.20. The summed E-state index contributed by atoms with van der Waals surface area (Å²) < 4.78 is 10.7. The van der Waals surface area contributed by atoms with Crippen molar-refractivity contribution in [3.8, 4) is 11.5 Å². The van der Waals surface area contributed by atoms with Crippen molar-refractivity contribution in [1.82, 2.24) is 9.97 Å². The Labute approximate surface area is 223 Å². The van der Waals surface area contributed by atoms with Crippen LogP contribution in [-0.2, 0) is 13.0 Å². The minimum atomic E-state index is -0.792. The first kappa shape index (κ1) is 26.6. The molecule has 4 rings (SSSR count). The molecule has 2 N–H and O–H groups in total. The number of Topliss-reactive ketones (excluding diaryl/α,β-unsaturated/α-hetero) is 2. The molecule has 0 fully saturated rings. The first-order chi connectivity index (χ1) is 17.9. The van der Waals surface area contributed by atoms with Crippen LogP contribution in [-0.4, -0.2) is 46.7 Å². The Morgan fingerprint density at radius 3 is 2.73 bits per heavy atom. The number of methoxy groups -OCH3 is 2. The van der Waals surface area contributed by atoms with E-state index in [1.54, 1.807) is 26.4 Å². The summed E-state index contributed by atoms with van der Waals surface area (Å²) in [5.41, 5.74) is 1.96. The summed E-state index contributed by atoms with van der Waals surface area (Å²) in [7, 11) is 3.20. The third kappa shape index (κ3) is 6.28. The fourth-order valence-corrected chi connectivity index (χ4v) is 5.56. The summed E-state index contributed by atoms with van der Waals surface area (Å²) in [4.78, 5) is 47.7.